The molecule has 57 heavy (non-hydrogen) atoms. The molecular formula is C51H29N3O2S. The summed E-state index contributed by atoms with van der Waals surface area (Å²) in [5.74, 6) is 1.84. The van der Waals surface area contributed by atoms with Crippen molar-refractivity contribution in [1.29, 1.82) is 0 Å². The van der Waals surface area contributed by atoms with Crippen LogP contribution in [0.25, 0.3) is 120 Å². The molecule has 4 aromatic heterocycles. The lowest BCUT2D eigenvalue weighted by Gasteiger charge is -2.10. The van der Waals surface area contributed by atoms with Crippen LogP contribution >= 0.6 is 11.3 Å². The van der Waals surface area contributed by atoms with E-state index < -0.39 is 0 Å². The molecule has 5 nitrogen and oxygen atoms in total. The number of hydrogen-bond acceptors (Lipinski definition) is 6. The Bertz CT molecular complexity index is 3470. The third kappa shape index (κ3) is 5.19. The number of hydrogen-bond donors (Lipinski definition) is 0. The van der Waals surface area contributed by atoms with Crippen molar-refractivity contribution in [2.24, 2.45) is 0 Å². The van der Waals surface area contributed by atoms with E-state index >= 15 is 0 Å². The van der Waals surface area contributed by atoms with Gasteiger partial charge in [0.05, 0.1) is 0 Å². The Hall–Kier alpha value is -7.41. The molecule has 12 aromatic rings. The third-order valence-corrected chi connectivity index (χ3v) is 12.1. The Kier molecular flexibility index (Phi) is 7.03. The minimum absolute atomic E-state index is 0.589. The lowest BCUT2D eigenvalue weighted by Crippen LogP contribution is -2.00. The maximum atomic E-state index is 6.86. The number of para-hydroxylation sites is 2. The summed E-state index contributed by atoms with van der Waals surface area (Å²) in [4.78, 5) is 14.8. The number of fused-ring (bicyclic) bond motifs is 9. The van der Waals surface area contributed by atoms with Crippen LogP contribution < -0.4 is 0 Å². The first-order chi connectivity index (χ1) is 28.2. The molecule has 8 aromatic carbocycles. The molecule has 0 saturated carbocycles. The second-order valence-electron chi connectivity index (χ2n) is 14.3. The molecular weight excluding hydrogens is 719 g/mol. The fourth-order valence-corrected chi connectivity index (χ4v) is 9.40. The standard InChI is InChI=1S/C51H29N3O2S/c1-3-12-30(13-4-1)49-52-50(31-14-5-2-6-15-31)54-51(53-49)33-23-25-38-39-19-11-18-35(48(39)56-44(38)28-33)34-26-41(47-40-17-8-10-21-45(40)57-46(47)29-34)32-22-24-37-36-16-7-9-20-42(36)55-43(37)27-32/h1-29H. The van der Waals surface area contributed by atoms with Gasteiger partial charge >= 0.3 is 0 Å². The van der Waals surface area contributed by atoms with E-state index in [4.69, 9.17) is 23.8 Å². The fraction of sp³-hybridized carbons (Fsp3) is 0. The topological polar surface area (TPSA) is 65.0 Å². The first kappa shape index (κ1) is 31.9. The molecule has 0 unspecified atom stereocenters. The molecule has 266 valence electrons. The molecule has 0 aliphatic rings. The number of aromatic nitrogens is 3. The van der Waals surface area contributed by atoms with Gasteiger partial charge in [0.25, 0.3) is 0 Å². The molecule has 0 atom stereocenters. The van der Waals surface area contributed by atoms with Crippen molar-refractivity contribution >= 4 is 75.4 Å². The summed E-state index contributed by atoms with van der Waals surface area (Å²) in [6.45, 7) is 0. The van der Waals surface area contributed by atoms with Gasteiger partial charge in [-0.25, -0.2) is 15.0 Å². The van der Waals surface area contributed by atoms with Gasteiger partial charge in [-0.05, 0) is 65.2 Å². The van der Waals surface area contributed by atoms with Gasteiger partial charge in [0.1, 0.15) is 22.3 Å². The molecule has 0 spiro atoms. The third-order valence-electron chi connectivity index (χ3n) is 10.9. The van der Waals surface area contributed by atoms with Gasteiger partial charge in [0, 0.05) is 64.0 Å². The number of rotatable bonds is 5. The van der Waals surface area contributed by atoms with Crippen LogP contribution in [-0.2, 0) is 0 Å². The molecule has 0 aliphatic heterocycles. The summed E-state index contributed by atoms with van der Waals surface area (Å²) >= 11 is 1.82. The highest BCUT2D eigenvalue weighted by molar-refractivity contribution is 7.26. The smallest absolute Gasteiger partial charge is 0.164 e. The van der Waals surface area contributed by atoms with E-state index in [1.54, 1.807) is 0 Å². The van der Waals surface area contributed by atoms with Gasteiger partial charge < -0.3 is 8.83 Å². The average Bonchev–Trinajstić information content (AvgIpc) is 3.97. The van der Waals surface area contributed by atoms with Crippen LogP contribution in [0.3, 0.4) is 0 Å². The number of nitrogens with zero attached hydrogens (tertiary/aromatic N) is 3. The Morgan fingerprint density at radius 2 is 0.912 bits per heavy atom. The van der Waals surface area contributed by atoms with E-state index in [1.165, 1.54) is 20.2 Å². The average molecular weight is 748 g/mol. The van der Waals surface area contributed by atoms with Crippen LogP contribution in [0.4, 0.5) is 0 Å². The number of furan rings is 2. The van der Waals surface area contributed by atoms with E-state index in [-0.39, 0.29) is 0 Å². The Morgan fingerprint density at radius 3 is 1.68 bits per heavy atom. The monoisotopic (exact) mass is 747 g/mol. The first-order valence-corrected chi connectivity index (χ1v) is 19.7. The molecule has 4 heterocycles. The Morgan fingerprint density at radius 1 is 0.333 bits per heavy atom. The fourth-order valence-electron chi connectivity index (χ4n) is 8.23. The van der Waals surface area contributed by atoms with E-state index in [0.29, 0.717) is 17.5 Å². The van der Waals surface area contributed by atoms with Crippen molar-refractivity contribution in [2.75, 3.05) is 0 Å². The van der Waals surface area contributed by atoms with Gasteiger partial charge in [-0.2, -0.15) is 0 Å². The van der Waals surface area contributed by atoms with Crippen LogP contribution in [0.2, 0.25) is 0 Å². The minimum atomic E-state index is 0.589. The molecule has 0 aliphatic carbocycles. The highest BCUT2D eigenvalue weighted by Gasteiger charge is 2.20. The van der Waals surface area contributed by atoms with Crippen molar-refractivity contribution in [1.82, 2.24) is 15.0 Å². The van der Waals surface area contributed by atoms with Gasteiger partial charge in [-0.15, -0.1) is 11.3 Å². The van der Waals surface area contributed by atoms with E-state index in [1.807, 2.05) is 84.1 Å². The SMILES string of the molecule is c1ccc(-c2nc(-c3ccccc3)nc(-c3ccc4c(c3)oc3c(-c5cc(-c6ccc7c(c6)oc6ccccc67)c6c(c5)sc5ccccc56)cccc34)n2)cc1. The highest BCUT2D eigenvalue weighted by Crippen LogP contribution is 2.46. The summed E-state index contributed by atoms with van der Waals surface area (Å²) in [5, 5.41) is 6.84. The largest absolute Gasteiger partial charge is 0.456 e. The molecule has 0 amide bonds. The van der Waals surface area contributed by atoms with Crippen molar-refractivity contribution in [3.8, 4) is 56.4 Å². The molecule has 12 rings (SSSR count). The van der Waals surface area contributed by atoms with E-state index in [9.17, 15) is 0 Å². The second kappa shape index (κ2) is 12.6. The van der Waals surface area contributed by atoms with Crippen LogP contribution in [0.1, 0.15) is 0 Å². The zero-order chi connectivity index (χ0) is 37.5. The summed E-state index contributed by atoms with van der Waals surface area (Å²) < 4.78 is 15.7. The summed E-state index contributed by atoms with van der Waals surface area (Å²) in [6.07, 6.45) is 0. The lowest BCUT2D eigenvalue weighted by atomic mass is 9.93. The molecule has 0 radical (unpaired) electrons. The van der Waals surface area contributed by atoms with Crippen LogP contribution in [0.5, 0.6) is 0 Å². The lowest BCUT2D eigenvalue weighted by molar-refractivity contribution is 0.669. The molecule has 6 heteroatoms. The van der Waals surface area contributed by atoms with Gasteiger partial charge in [-0.1, -0.05) is 127 Å². The number of thiophene rings is 1. The van der Waals surface area contributed by atoms with E-state index in [0.717, 1.165) is 82.8 Å². The summed E-state index contributed by atoms with van der Waals surface area (Å²) in [7, 11) is 0. The normalized spacial score (nSPS) is 11.9. The predicted octanol–water partition coefficient (Wildman–Crippen LogP) is 14.4. The quantitative estimate of drug-likeness (QED) is 0.175. The molecule has 0 saturated heterocycles. The summed E-state index contributed by atoms with van der Waals surface area (Å²) in [5.41, 5.74) is 10.5. The maximum Gasteiger partial charge on any atom is 0.164 e. The van der Waals surface area contributed by atoms with Crippen molar-refractivity contribution in [2.45, 2.75) is 0 Å². The van der Waals surface area contributed by atoms with Crippen molar-refractivity contribution in [3.05, 3.63) is 176 Å². The minimum Gasteiger partial charge on any atom is -0.456 e. The zero-order valence-corrected chi connectivity index (χ0v) is 31.1. The molecule has 0 N–H and O–H groups in total. The second-order valence-corrected chi connectivity index (χ2v) is 15.4. The Balaban J connectivity index is 1.03. The molecule has 0 fully saturated rings. The van der Waals surface area contributed by atoms with Gasteiger partial charge in [0.15, 0.2) is 17.5 Å². The van der Waals surface area contributed by atoms with Gasteiger partial charge in [-0.3, -0.25) is 0 Å². The maximum absolute atomic E-state index is 6.86. The van der Waals surface area contributed by atoms with Crippen LogP contribution in [0, 0.1) is 0 Å². The zero-order valence-electron chi connectivity index (χ0n) is 30.3. The van der Waals surface area contributed by atoms with E-state index in [2.05, 4.69) is 103 Å². The predicted molar refractivity (Wildman–Crippen MR) is 234 cm³/mol. The highest BCUT2D eigenvalue weighted by atomic mass is 32.1. The van der Waals surface area contributed by atoms with Crippen LogP contribution in [-0.4, -0.2) is 15.0 Å². The summed E-state index contributed by atoms with van der Waals surface area (Å²) in [6, 6.07) is 60.9. The van der Waals surface area contributed by atoms with Crippen molar-refractivity contribution < 1.29 is 8.83 Å². The van der Waals surface area contributed by atoms with Crippen LogP contribution in [0.15, 0.2) is 185 Å². The van der Waals surface area contributed by atoms with Gasteiger partial charge in [0.2, 0.25) is 0 Å². The first-order valence-electron chi connectivity index (χ1n) is 18.9. The number of benzene rings is 8. The van der Waals surface area contributed by atoms with Crippen molar-refractivity contribution in [3.63, 3.8) is 0 Å². The Labute approximate surface area is 330 Å². The molecule has 0 bridgehead atoms.